The molecule has 0 saturated heterocycles. The zero-order valence-corrected chi connectivity index (χ0v) is 24.6. The molecule has 3 heteroatoms. The molecule has 0 saturated carbocycles. The standard InChI is InChI=1S/C41H26N2S/c1-2-7-27(8-3-1)28-16-19-32(20-17-28)43(34-22-23-36-37-11-6-24-42-41(37)44-39(36)26-34)33-21-18-30-13-15-31-14-12-29-9-4-5-10-35(29)40(31)38(30)25-33/h1-26H. The Kier molecular flexibility index (Phi) is 5.71. The fraction of sp³-hybridized carbons (Fsp3) is 0. The van der Waals surface area contributed by atoms with Crippen LogP contribution in [0.25, 0.3) is 63.7 Å². The first kappa shape index (κ1) is 25.0. The molecule has 0 unspecified atom stereocenters. The van der Waals surface area contributed by atoms with E-state index in [9.17, 15) is 0 Å². The molecule has 0 aliphatic rings. The maximum absolute atomic E-state index is 4.64. The maximum atomic E-state index is 4.64. The van der Waals surface area contributed by atoms with Crippen LogP contribution in [0.3, 0.4) is 0 Å². The molecule has 44 heavy (non-hydrogen) atoms. The number of rotatable bonds is 4. The molecule has 0 amide bonds. The Labute approximate surface area is 259 Å². The maximum Gasteiger partial charge on any atom is 0.124 e. The van der Waals surface area contributed by atoms with Crippen LogP contribution in [0.2, 0.25) is 0 Å². The van der Waals surface area contributed by atoms with Crippen LogP contribution >= 0.6 is 11.3 Å². The van der Waals surface area contributed by atoms with Crippen molar-refractivity contribution in [3.63, 3.8) is 0 Å². The fourth-order valence-electron chi connectivity index (χ4n) is 6.57. The lowest BCUT2D eigenvalue weighted by Gasteiger charge is -2.26. The van der Waals surface area contributed by atoms with Gasteiger partial charge in [0.15, 0.2) is 0 Å². The number of hydrogen-bond acceptors (Lipinski definition) is 3. The number of aromatic nitrogens is 1. The van der Waals surface area contributed by atoms with Gasteiger partial charge in [0, 0.05) is 38.7 Å². The zero-order valence-electron chi connectivity index (χ0n) is 23.8. The second-order valence-electron chi connectivity index (χ2n) is 11.2. The quantitative estimate of drug-likeness (QED) is 0.193. The van der Waals surface area contributed by atoms with E-state index in [-0.39, 0.29) is 0 Å². The lowest BCUT2D eigenvalue weighted by atomic mass is 9.96. The summed E-state index contributed by atoms with van der Waals surface area (Å²) < 4.78 is 1.24. The van der Waals surface area contributed by atoms with Gasteiger partial charge in [-0.15, -0.1) is 11.3 Å². The Morgan fingerprint density at radius 1 is 0.432 bits per heavy atom. The summed E-state index contributed by atoms with van der Waals surface area (Å²) in [6, 6.07) is 55.0. The second kappa shape index (κ2) is 10.0. The minimum Gasteiger partial charge on any atom is -0.310 e. The van der Waals surface area contributed by atoms with Crippen molar-refractivity contribution in [1.82, 2.24) is 4.98 Å². The Hall–Kier alpha value is -5.51. The summed E-state index contributed by atoms with van der Waals surface area (Å²) in [4.78, 5) is 8.10. The van der Waals surface area contributed by atoms with Gasteiger partial charge >= 0.3 is 0 Å². The molecule has 0 aliphatic carbocycles. The Bertz CT molecular complexity index is 2490. The summed E-state index contributed by atoms with van der Waals surface area (Å²) in [6.45, 7) is 0. The Balaban J connectivity index is 1.27. The van der Waals surface area contributed by atoms with Gasteiger partial charge in [-0.25, -0.2) is 4.98 Å². The SMILES string of the molecule is c1ccc(-c2ccc(N(c3ccc4c(c3)sc3ncccc34)c3ccc4ccc5ccc6ccccc6c5c4c3)cc2)cc1. The van der Waals surface area contributed by atoms with Crippen LogP contribution in [-0.2, 0) is 0 Å². The minimum atomic E-state index is 1.07. The van der Waals surface area contributed by atoms with Gasteiger partial charge in [-0.3, -0.25) is 0 Å². The summed E-state index contributed by atoms with van der Waals surface area (Å²) in [6.07, 6.45) is 1.88. The number of nitrogens with zero attached hydrogens (tertiary/aromatic N) is 2. The third-order valence-corrected chi connectivity index (χ3v) is 9.77. The second-order valence-corrected chi connectivity index (χ2v) is 12.3. The number of benzene rings is 7. The average molecular weight is 579 g/mol. The van der Waals surface area contributed by atoms with Crippen LogP contribution in [0.4, 0.5) is 17.1 Å². The first-order chi connectivity index (χ1) is 21.8. The molecule has 9 rings (SSSR count). The van der Waals surface area contributed by atoms with Crippen molar-refractivity contribution in [2.45, 2.75) is 0 Å². The highest BCUT2D eigenvalue weighted by atomic mass is 32.1. The Morgan fingerprint density at radius 2 is 1.07 bits per heavy atom. The highest BCUT2D eigenvalue weighted by Crippen LogP contribution is 2.42. The third kappa shape index (κ3) is 4.05. The molecule has 2 aromatic heterocycles. The summed E-state index contributed by atoms with van der Waals surface area (Å²) in [7, 11) is 0. The molecule has 9 aromatic rings. The smallest absolute Gasteiger partial charge is 0.124 e. The number of hydrogen-bond donors (Lipinski definition) is 0. The molecule has 0 fully saturated rings. The van der Waals surface area contributed by atoms with Crippen molar-refractivity contribution in [1.29, 1.82) is 0 Å². The van der Waals surface area contributed by atoms with Crippen molar-refractivity contribution in [3.05, 3.63) is 158 Å². The van der Waals surface area contributed by atoms with Gasteiger partial charge < -0.3 is 4.90 Å². The van der Waals surface area contributed by atoms with Crippen LogP contribution in [0.15, 0.2) is 158 Å². The lowest BCUT2D eigenvalue weighted by Crippen LogP contribution is -2.09. The van der Waals surface area contributed by atoms with E-state index in [0.29, 0.717) is 0 Å². The first-order valence-electron chi connectivity index (χ1n) is 14.9. The van der Waals surface area contributed by atoms with Crippen molar-refractivity contribution >= 4 is 81.0 Å². The molecule has 7 aromatic carbocycles. The fourth-order valence-corrected chi connectivity index (χ4v) is 7.65. The summed E-state index contributed by atoms with van der Waals surface area (Å²) in [5.74, 6) is 0. The van der Waals surface area contributed by atoms with Crippen LogP contribution in [0.1, 0.15) is 0 Å². The number of thiophene rings is 1. The largest absolute Gasteiger partial charge is 0.310 e. The first-order valence-corrected chi connectivity index (χ1v) is 15.7. The Morgan fingerprint density at radius 3 is 1.93 bits per heavy atom. The van der Waals surface area contributed by atoms with Crippen LogP contribution in [0, 0.1) is 0 Å². The van der Waals surface area contributed by atoms with E-state index >= 15 is 0 Å². The van der Waals surface area contributed by atoms with Crippen LogP contribution in [-0.4, -0.2) is 4.98 Å². The van der Waals surface area contributed by atoms with Gasteiger partial charge in [-0.05, 0) is 92.0 Å². The molecule has 0 atom stereocenters. The van der Waals surface area contributed by atoms with E-state index in [2.05, 4.69) is 155 Å². The van der Waals surface area contributed by atoms with E-state index in [1.54, 1.807) is 11.3 Å². The van der Waals surface area contributed by atoms with E-state index in [4.69, 9.17) is 0 Å². The van der Waals surface area contributed by atoms with Crippen molar-refractivity contribution in [3.8, 4) is 11.1 Å². The van der Waals surface area contributed by atoms with Crippen molar-refractivity contribution in [2.24, 2.45) is 0 Å². The predicted molar refractivity (Wildman–Crippen MR) is 190 cm³/mol. The number of fused-ring (bicyclic) bond motifs is 8. The van der Waals surface area contributed by atoms with Gasteiger partial charge in [0.1, 0.15) is 4.83 Å². The number of anilines is 3. The molecular weight excluding hydrogens is 553 g/mol. The summed E-state index contributed by atoms with van der Waals surface area (Å²) in [5.41, 5.74) is 5.79. The number of pyridine rings is 1. The molecule has 2 nitrogen and oxygen atoms in total. The van der Waals surface area contributed by atoms with E-state index in [0.717, 1.165) is 21.9 Å². The van der Waals surface area contributed by atoms with Gasteiger partial charge in [-0.2, -0.15) is 0 Å². The molecule has 2 heterocycles. The molecule has 0 radical (unpaired) electrons. The van der Waals surface area contributed by atoms with Gasteiger partial charge in [0.2, 0.25) is 0 Å². The topological polar surface area (TPSA) is 16.1 Å². The highest BCUT2D eigenvalue weighted by molar-refractivity contribution is 7.25. The third-order valence-electron chi connectivity index (χ3n) is 8.69. The van der Waals surface area contributed by atoms with Crippen LogP contribution < -0.4 is 4.90 Å². The van der Waals surface area contributed by atoms with Gasteiger partial charge in [-0.1, -0.05) is 103 Å². The molecular formula is C41H26N2S. The predicted octanol–water partition coefficient (Wildman–Crippen LogP) is 12.0. The summed E-state index contributed by atoms with van der Waals surface area (Å²) >= 11 is 1.75. The monoisotopic (exact) mass is 578 g/mol. The molecule has 0 spiro atoms. The van der Waals surface area contributed by atoms with Gasteiger partial charge in [0.05, 0.1) is 0 Å². The van der Waals surface area contributed by atoms with Gasteiger partial charge in [0.25, 0.3) is 0 Å². The minimum absolute atomic E-state index is 1.07. The van der Waals surface area contributed by atoms with Crippen molar-refractivity contribution in [2.75, 3.05) is 4.90 Å². The van der Waals surface area contributed by atoms with E-state index in [1.807, 2.05) is 12.3 Å². The normalized spacial score (nSPS) is 11.6. The average Bonchev–Trinajstić information content (AvgIpc) is 3.47. The van der Waals surface area contributed by atoms with Crippen LogP contribution in [0.5, 0.6) is 0 Å². The van der Waals surface area contributed by atoms with Crippen molar-refractivity contribution < 1.29 is 0 Å². The highest BCUT2D eigenvalue weighted by Gasteiger charge is 2.17. The van der Waals surface area contributed by atoms with E-state index in [1.165, 1.54) is 58.9 Å². The summed E-state index contributed by atoms with van der Waals surface area (Å²) in [5, 5.41) is 10.1. The molecule has 0 N–H and O–H groups in total. The molecule has 0 aliphatic heterocycles. The lowest BCUT2D eigenvalue weighted by molar-refractivity contribution is 1.30. The zero-order chi connectivity index (χ0) is 29.0. The molecule has 206 valence electrons. The van der Waals surface area contributed by atoms with E-state index < -0.39 is 0 Å². The molecule has 0 bridgehead atoms.